The number of nitrogens with one attached hydrogen (secondary N) is 1. The first-order valence-corrected chi connectivity index (χ1v) is 9.99. The molecule has 29 heavy (non-hydrogen) atoms. The summed E-state index contributed by atoms with van der Waals surface area (Å²) in [5.41, 5.74) is 1.15. The van der Waals surface area contributed by atoms with Crippen molar-refractivity contribution in [3.63, 3.8) is 0 Å². The van der Waals surface area contributed by atoms with Gasteiger partial charge in [-0.05, 0) is 30.0 Å². The van der Waals surface area contributed by atoms with Crippen molar-refractivity contribution >= 4 is 29.9 Å². The molecule has 1 heterocycles. The third-order valence-corrected chi connectivity index (χ3v) is 5.02. The van der Waals surface area contributed by atoms with Gasteiger partial charge in [0.2, 0.25) is 5.75 Å². The molecule has 1 aliphatic rings. The number of hydrogen-bond donors (Lipinski definition) is 1. The van der Waals surface area contributed by atoms with E-state index >= 15 is 0 Å². The first kappa shape index (κ1) is 25.6. The minimum absolute atomic E-state index is 0. The highest BCUT2D eigenvalue weighted by Crippen LogP contribution is 2.38. The highest BCUT2D eigenvalue weighted by molar-refractivity contribution is 14.0. The molecular weight excluding hydrogens is 483 g/mol. The van der Waals surface area contributed by atoms with Crippen LogP contribution < -0.4 is 19.5 Å². The molecule has 0 radical (unpaired) electrons. The van der Waals surface area contributed by atoms with Crippen LogP contribution in [-0.4, -0.2) is 76.9 Å². The molecule has 2 rings (SSSR count). The lowest BCUT2D eigenvalue weighted by Gasteiger charge is -2.36. The highest BCUT2D eigenvalue weighted by atomic mass is 127. The Morgan fingerprint density at radius 1 is 1.03 bits per heavy atom. The van der Waals surface area contributed by atoms with Crippen LogP contribution in [0.1, 0.15) is 25.8 Å². The zero-order valence-corrected chi connectivity index (χ0v) is 21.0. The van der Waals surface area contributed by atoms with Crippen LogP contribution in [0.3, 0.4) is 0 Å². The standard InChI is InChI=1S/C21H36N4O3.HI/c1-16(2)7-8-23-21(22-3)25-11-9-24(10-12-25)15-17-13-18(26-4)20(28-6)19(14-17)27-5;/h13-14,16H,7-12,15H2,1-6H3,(H,22,23);1H. The molecule has 8 heteroatoms. The normalized spacial score (nSPS) is 15.1. The number of ether oxygens (including phenoxy) is 3. The summed E-state index contributed by atoms with van der Waals surface area (Å²) >= 11 is 0. The SMILES string of the molecule is CN=C(NCCC(C)C)N1CCN(Cc2cc(OC)c(OC)c(OC)c2)CC1.I. The summed E-state index contributed by atoms with van der Waals surface area (Å²) in [5.74, 6) is 3.74. The van der Waals surface area contributed by atoms with Gasteiger partial charge in [-0.3, -0.25) is 9.89 Å². The fraction of sp³-hybridized carbons (Fsp3) is 0.667. The molecule has 0 atom stereocenters. The van der Waals surface area contributed by atoms with Crippen LogP contribution in [-0.2, 0) is 6.54 Å². The Balaban J connectivity index is 0.00000420. The van der Waals surface area contributed by atoms with Gasteiger partial charge in [0.25, 0.3) is 0 Å². The van der Waals surface area contributed by atoms with E-state index in [9.17, 15) is 0 Å². The maximum Gasteiger partial charge on any atom is 0.203 e. The third-order valence-electron chi connectivity index (χ3n) is 5.02. The summed E-state index contributed by atoms with van der Waals surface area (Å²) in [6.45, 7) is 10.2. The largest absolute Gasteiger partial charge is 0.493 e. The van der Waals surface area contributed by atoms with Gasteiger partial charge in [0.15, 0.2) is 17.5 Å². The van der Waals surface area contributed by atoms with E-state index in [1.807, 2.05) is 19.2 Å². The molecule has 7 nitrogen and oxygen atoms in total. The van der Waals surface area contributed by atoms with Crippen molar-refractivity contribution in [1.29, 1.82) is 0 Å². The van der Waals surface area contributed by atoms with Crippen LogP contribution in [0.15, 0.2) is 17.1 Å². The zero-order valence-electron chi connectivity index (χ0n) is 18.7. The molecule has 1 N–H and O–H groups in total. The predicted molar refractivity (Wildman–Crippen MR) is 129 cm³/mol. The minimum atomic E-state index is 0. The molecule has 1 aliphatic heterocycles. The summed E-state index contributed by atoms with van der Waals surface area (Å²) in [5, 5.41) is 3.49. The number of rotatable bonds is 8. The Morgan fingerprint density at radius 2 is 1.62 bits per heavy atom. The van der Waals surface area contributed by atoms with Gasteiger partial charge in [-0.25, -0.2) is 0 Å². The average molecular weight is 520 g/mol. The second kappa shape index (κ2) is 13.0. The average Bonchev–Trinajstić information content (AvgIpc) is 2.71. The van der Waals surface area contributed by atoms with E-state index in [0.717, 1.165) is 57.2 Å². The van der Waals surface area contributed by atoms with Crippen molar-refractivity contribution in [2.45, 2.75) is 26.8 Å². The molecule has 0 spiro atoms. The number of aliphatic imine (C=N–C) groups is 1. The van der Waals surface area contributed by atoms with Gasteiger partial charge >= 0.3 is 0 Å². The molecule has 1 saturated heterocycles. The number of methoxy groups -OCH3 is 3. The summed E-state index contributed by atoms with van der Waals surface area (Å²) in [6.07, 6.45) is 1.15. The van der Waals surface area contributed by atoms with Gasteiger partial charge in [0.1, 0.15) is 0 Å². The van der Waals surface area contributed by atoms with Crippen LogP contribution in [0.5, 0.6) is 17.2 Å². The second-order valence-electron chi connectivity index (χ2n) is 7.45. The first-order chi connectivity index (χ1) is 13.5. The topological polar surface area (TPSA) is 58.6 Å². The zero-order chi connectivity index (χ0) is 20.5. The molecule has 0 amide bonds. The molecule has 0 aliphatic carbocycles. The molecule has 1 fully saturated rings. The third kappa shape index (κ3) is 7.40. The number of benzene rings is 1. The van der Waals surface area contributed by atoms with Gasteiger partial charge < -0.3 is 24.4 Å². The van der Waals surface area contributed by atoms with E-state index in [1.165, 1.54) is 0 Å². The Hall–Kier alpha value is -1.42. The molecular formula is C21H37IN4O3. The van der Waals surface area contributed by atoms with Crippen LogP contribution in [0, 0.1) is 5.92 Å². The van der Waals surface area contributed by atoms with Crippen molar-refractivity contribution in [2.24, 2.45) is 10.9 Å². The Bertz CT molecular complexity index is 622. The lowest BCUT2D eigenvalue weighted by Crippen LogP contribution is -2.52. The van der Waals surface area contributed by atoms with E-state index in [4.69, 9.17) is 14.2 Å². The van der Waals surface area contributed by atoms with E-state index < -0.39 is 0 Å². The molecule has 1 aromatic rings. The lowest BCUT2D eigenvalue weighted by atomic mass is 10.1. The van der Waals surface area contributed by atoms with Crippen molar-refractivity contribution in [2.75, 3.05) is 61.1 Å². The fourth-order valence-corrected chi connectivity index (χ4v) is 3.41. The molecule has 0 saturated carbocycles. The Labute approximate surface area is 192 Å². The number of guanidine groups is 1. The number of nitrogens with zero attached hydrogens (tertiary/aromatic N) is 3. The first-order valence-electron chi connectivity index (χ1n) is 9.99. The van der Waals surface area contributed by atoms with Gasteiger partial charge in [-0.1, -0.05) is 13.8 Å². The van der Waals surface area contributed by atoms with Crippen molar-refractivity contribution < 1.29 is 14.2 Å². The van der Waals surface area contributed by atoms with Crippen LogP contribution in [0.2, 0.25) is 0 Å². The lowest BCUT2D eigenvalue weighted by molar-refractivity contribution is 0.172. The summed E-state index contributed by atoms with van der Waals surface area (Å²) < 4.78 is 16.4. The number of piperazine rings is 1. The van der Waals surface area contributed by atoms with E-state index in [-0.39, 0.29) is 24.0 Å². The van der Waals surface area contributed by atoms with Crippen molar-refractivity contribution in [3.8, 4) is 17.2 Å². The Morgan fingerprint density at radius 3 is 2.07 bits per heavy atom. The fourth-order valence-electron chi connectivity index (χ4n) is 3.41. The van der Waals surface area contributed by atoms with Crippen LogP contribution in [0.25, 0.3) is 0 Å². The van der Waals surface area contributed by atoms with E-state index in [1.54, 1.807) is 21.3 Å². The predicted octanol–water partition coefficient (Wildman–Crippen LogP) is 3.07. The van der Waals surface area contributed by atoms with Gasteiger partial charge in [-0.2, -0.15) is 0 Å². The minimum Gasteiger partial charge on any atom is -0.493 e. The number of halogens is 1. The maximum absolute atomic E-state index is 5.47. The highest BCUT2D eigenvalue weighted by Gasteiger charge is 2.21. The quantitative estimate of drug-likeness (QED) is 0.323. The molecule has 166 valence electrons. The smallest absolute Gasteiger partial charge is 0.203 e. The van der Waals surface area contributed by atoms with Crippen LogP contribution in [0.4, 0.5) is 0 Å². The summed E-state index contributed by atoms with van der Waals surface area (Å²) in [7, 11) is 6.79. The maximum atomic E-state index is 5.47. The monoisotopic (exact) mass is 520 g/mol. The summed E-state index contributed by atoms with van der Waals surface area (Å²) in [4.78, 5) is 9.23. The summed E-state index contributed by atoms with van der Waals surface area (Å²) in [6, 6.07) is 4.06. The molecule has 0 aromatic heterocycles. The second-order valence-corrected chi connectivity index (χ2v) is 7.45. The van der Waals surface area contributed by atoms with Gasteiger partial charge in [0.05, 0.1) is 21.3 Å². The number of hydrogen-bond acceptors (Lipinski definition) is 5. The van der Waals surface area contributed by atoms with Gasteiger partial charge in [-0.15, -0.1) is 24.0 Å². The van der Waals surface area contributed by atoms with E-state index in [2.05, 4.69) is 34.0 Å². The van der Waals surface area contributed by atoms with Crippen LogP contribution >= 0.6 is 24.0 Å². The molecule has 1 aromatic carbocycles. The van der Waals surface area contributed by atoms with Crippen molar-refractivity contribution in [1.82, 2.24) is 15.1 Å². The molecule has 0 unspecified atom stereocenters. The van der Waals surface area contributed by atoms with Gasteiger partial charge in [0, 0.05) is 46.3 Å². The molecule has 0 bridgehead atoms. The van der Waals surface area contributed by atoms with E-state index in [0.29, 0.717) is 23.2 Å². The Kier molecular flexibility index (Phi) is 11.5. The van der Waals surface area contributed by atoms with Crippen molar-refractivity contribution in [3.05, 3.63) is 17.7 Å².